The number of carbonyl (C=O) groups is 2. The maximum absolute atomic E-state index is 11.5. The van der Waals surface area contributed by atoms with Gasteiger partial charge in [-0.3, -0.25) is 9.59 Å². The Kier molecular flexibility index (Phi) is 5.17. The van der Waals surface area contributed by atoms with E-state index in [4.69, 9.17) is 4.74 Å². The van der Waals surface area contributed by atoms with Crippen molar-refractivity contribution in [3.05, 3.63) is 23.8 Å². The summed E-state index contributed by atoms with van der Waals surface area (Å²) in [5.41, 5.74) is 1.62. The first-order valence-electron chi connectivity index (χ1n) is 5.58. The molecule has 1 rings (SSSR count). The third kappa shape index (κ3) is 4.08. The van der Waals surface area contributed by atoms with E-state index < -0.39 is 5.97 Å². The van der Waals surface area contributed by atoms with E-state index in [9.17, 15) is 9.59 Å². The number of nitrogens with one attached hydrogen (secondary N) is 1. The normalized spacial score (nSPS) is 9.72. The van der Waals surface area contributed by atoms with Crippen molar-refractivity contribution < 1.29 is 19.1 Å². The fourth-order valence-corrected chi connectivity index (χ4v) is 1.50. The SMILES string of the molecule is COC(=O)CCC(=O)Nc1ccc(OC)c(C)c1. The Balaban J connectivity index is 2.54. The fourth-order valence-electron chi connectivity index (χ4n) is 1.50. The van der Waals surface area contributed by atoms with Gasteiger partial charge in [0.2, 0.25) is 5.91 Å². The second-order valence-corrected chi connectivity index (χ2v) is 3.81. The van der Waals surface area contributed by atoms with Gasteiger partial charge in [-0.05, 0) is 30.7 Å². The highest BCUT2D eigenvalue weighted by Crippen LogP contribution is 2.21. The summed E-state index contributed by atoms with van der Waals surface area (Å²) in [4.78, 5) is 22.4. The minimum absolute atomic E-state index is 0.0808. The van der Waals surface area contributed by atoms with Crippen molar-refractivity contribution in [3.8, 4) is 5.75 Å². The molecule has 0 aliphatic rings. The van der Waals surface area contributed by atoms with Crippen LogP contribution in [0, 0.1) is 6.92 Å². The summed E-state index contributed by atoms with van der Waals surface area (Å²) in [6.45, 7) is 1.89. The van der Waals surface area contributed by atoms with Crippen molar-refractivity contribution >= 4 is 17.6 Å². The number of methoxy groups -OCH3 is 2. The van der Waals surface area contributed by atoms with Crippen molar-refractivity contribution in [3.63, 3.8) is 0 Å². The largest absolute Gasteiger partial charge is 0.496 e. The first kappa shape index (κ1) is 14.0. The summed E-state index contributed by atoms with van der Waals surface area (Å²) in [5.74, 6) is 0.156. The van der Waals surface area contributed by atoms with Gasteiger partial charge in [-0.2, -0.15) is 0 Å². The van der Waals surface area contributed by atoms with Crippen LogP contribution in [-0.4, -0.2) is 26.1 Å². The molecule has 0 unspecified atom stereocenters. The van der Waals surface area contributed by atoms with Gasteiger partial charge in [0, 0.05) is 12.1 Å². The van der Waals surface area contributed by atoms with Gasteiger partial charge in [0.05, 0.1) is 20.6 Å². The van der Waals surface area contributed by atoms with Gasteiger partial charge >= 0.3 is 5.97 Å². The number of ether oxygens (including phenoxy) is 2. The molecule has 98 valence electrons. The Labute approximate surface area is 106 Å². The molecule has 1 aromatic rings. The van der Waals surface area contributed by atoms with E-state index in [2.05, 4.69) is 10.1 Å². The molecule has 0 bridgehead atoms. The van der Waals surface area contributed by atoms with Gasteiger partial charge in [-0.1, -0.05) is 0 Å². The summed E-state index contributed by atoms with van der Waals surface area (Å²) in [6, 6.07) is 5.35. The van der Waals surface area contributed by atoms with Crippen LogP contribution in [0.5, 0.6) is 5.75 Å². The topological polar surface area (TPSA) is 64.6 Å². The third-order valence-electron chi connectivity index (χ3n) is 2.46. The number of benzene rings is 1. The quantitative estimate of drug-likeness (QED) is 0.812. The molecule has 1 aromatic carbocycles. The highest BCUT2D eigenvalue weighted by molar-refractivity contribution is 5.92. The van der Waals surface area contributed by atoms with Crippen LogP contribution in [0.4, 0.5) is 5.69 Å². The lowest BCUT2D eigenvalue weighted by atomic mass is 10.2. The molecular weight excluding hydrogens is 234 g/mol. The Hall–Kier alpha value is -2.04. The maximum atomic E-state index is 11.5. The van der Waals surface area contributed by atoms with Crippen molar-refractivity contribution in [1.82, 2.24) is 0 Å². The lowest BCUT2D eigenvalue weighted by Crippen LogP contribution is -2.14. The summed E-state index contributed by atoms with van der Waals surface area (Å²) in [6.07, 6.45) is 0.190. The van der Waals surface area contributed by atoms with Gasteiger partial charge in [-0.15, -0.1) is 0 Å². The molecule has 0 saturated carbocycles. The maximum Gasteiger partial charge on any atom is 0.306 e. The minimum atomic E-state index is -0.393. The van der Waals surface area contributed by atoms with Crippen LogP contribution >= 0.6 is 0 Å². The van der Waals surface area contributed by atoms with Gasteiger partial charge in [0.25, 0.3) is 0 Å². The standard InChI is InChI=1S/C13H17NO4/c1-9-8-10(4-5-11(9)17-2)14-12(15)6-7-13(16)18-3/h4-5,8H,6-7H2,1-3H3,(H,14,15). The zero-order valence-electron chi connectivity index (χ0n) is 10.8. The number of rotatable bonds is 5. The molecule has 5 nitrogen and oxygen atoms in total. The molecule has 0 spiro atoms. The minimum Gasteiger partial charge on any atom is -0.496 e. The lowest BCUT2D eigenvalue weighted by molar-refractivity contribution is -0.141. The van der Waals surface area contributed by atoms with Gasteiger partial charge in [-0.25, -0.2) is 0 Å². The van der Waals surface area contributed by atoms with Crippen LogP contribution in [-0.2, 0) is 14.3 Å². The molecule has 1 N–H and O–H groups in total. The Bertz CT molecular complexity index is 443. The Morgan fingerprint density at radius 3 is 2.50 bits per heavy atom. The molecule has 0 atom stereocenters. The average Bonchev–Trinajstić information content (AvgIpc) is 2.36. The molecule has 1 amide bonds. The van der Waals surface area contributed by atoms with E-state index in [1.807, 2.05) is 13.0 Å². The molecule has 0 heterocycles. The van der Waals surface area contributed by atoms with Crippen molar-refractivity contribution in [2.24, 2.45) is 0 Å². The predicted octanol–water partition coefficient (Wildman–Crippen LogP) is 1.90. The highest BCUT2D eigenvalue weighted by Gasteiger charge is 2.08. The molecule has 0 aliphatic heterocycles. The molecule has 5 heteroatoms. The van der Waals surface area contributed by atoms with Crippen LogP contribution in [0.1, 0.15) is 18.4 Å². The van der Waals surface area contributed by atoms with Gasteiger partial charge in [0.1, 0.15) is 5.75 Å². The van der Waals surface area contributed by atoms with Gasteiger partial charge in [0.15, 0.2) is 0 Å². The van der Waals surface area contributed by atoms with Gasteiger partial charge < -0.3 is 14.8 Å². The summed E-state index contributed by atoms with van der Waals surface area (Å²) in [5, 5.41) is 2.71. The number of amides is 1. The summed E-state index contributed by atoms with van der Waals surface area (Å²) in [7, 11) is 2.89. The van der Waals surface area contributed by atoms with E-state index in [0.29, 0.717) is 5.69 Å². The van der Waals surface area contributed by atoms with E-state index in [1.54, 1.807) is 19.2 Å². The lowest BCUT2D eigenvalue weighted by Gasteiger charge is -2.08. The summed E-state index contributed by atoms with van der Waals surface area (Å²) >= 11 is 0. The van der Waals surface area contributed by atoms with Crippen molar-refractivity contribution in [2.75, 3.05) is 19.5 Å². The van der Waals surface area contributed by atoms with Crippen LogP contribution in [0.25, 0.3) is 0 Å². The van der Waals surface area contributed by atoms with Crippen LogP contribution in [0.2, 0.25) is 0 Å². The first-order valence-corrected chi connectivity index (χ1v) is 5.58. The van der Waals surface area contributed by atoms with Crippen LogP contribution < -0.4 is 10.1 Å². The van der Waals surface area contributed by atoms with Crippen molar-refractivity contribution in [1.29, 1.82) is 0 Å². The van der Waals surface area contributed by atoms with E-state index >= 15 is 0 Å². The number of anilines is 1. The third-order valence-corrected chi connectivity index (χ3v) is 2.46. The second-order valence-electron chi connectivity index (χ2n) is 3.81. The number of hydrogen-bond donors (Lipinski definition) is 1. The number of carbonyl (C=O) groups excluding carboxylic acids is 2. The van der Waals surface area contributed by atoms with E-state index in [1.165, 1.54) is 7.11 Å². The average molecular weight is 251 g/mol. The number of hydrogen-bond acceptors (Lipinski definition) is 4. The number of aryl methyl sites for hydroxylation is 1. The fraction of sp³-hybridized carbons (Fsp3) is 0.385. The summed E-state index contributed by atoms with van der Waals surface area (Å²) < 4.78 is 9.59. The van der Waals surface area contributed by atoms with Crippen LogP contribution in [0.3, 0.4) is 0 Å². The molecule has 0 aromatic heterocycles. The predicted molar refractivity (Wildman–Crippen MR) is 67.6 cm³/mol. The number of esters is 1. The smallest absolute Gasteiger partial charge is 0.306 e. The van der Waals surface area contributed by atoms with E-state index in [-0.39, 0.29) is 18.7 Å². The van der Waals surface area contributed by atoms with Crippen molar-refractivity contribution in [2.45, 2.75) is 19.8 Å². The molecule has 0 saturated heterocycles. The highest BCUT2D eigenvalue weighted by atomic mass is 16.5. The monoisotopic (exact) mass is 251 g/mol. The molecule has 18 heavy (non-hydrogen) atoms. The first-order chi connectivity index (χ1) is 8.56. The van der Waals surface area contributed by atoms with E-state index in [0.717, 1.165) is 11.3 Å². The zero-order valence-corrected chi connectivity index (χ0v) is 10.8. The second kappa shape index (κ2) is 6.64. The van der Waals surface area contributed by atoms with Crippen LogP contribution in [0.15, 0.2) is 18.2 Å². The molecule has 0 aliphatic carbocycles. The Morgan fingerprint density at radius 2 is 1.94 bits per heavy atom. The molecule has 0 radical (unpaired) electrons. The molecule has 0 fully saturated rings. The Morgan fingerprint density at radius 1 is 1.22 bits per heavy atom. The zero-order chi connectivity index (χ0) is 13.5. The molecular formula is C13H17NO4.